The van der Waals surface area contributed by atoms with E-state index in [1.807, 2.05) is 60.8 Å². The zero-order valence-corrected chi connectivity index (χ0v) is 27.1. The predicted octanol–water partition coefficient (Wildman–Crippen LogP) is 2.57. The van der Waals surface area contributed by atoms with E-state index in [2.05, 4.69) is 26.3 Å². The van der Waals surface area contributed by atoms with E-state index in [1.54, 1.807) is 6.92 Å². The Morgan fingerprint density at radius 3 is 2.16 bits per heavy atom. The third kappa shape index (κ3) is 12.9. The molecule has 1 aliphatic rings. The number of halogens is 3. The molecule has 4 atom stereocenters. The lowest BCUT2D eigenvalue weighted by molar-refractivity contribution is -0.192. The van der Waals surface area contributed by atoms with Crippen LogP contribution in [0.25, 0.3) is 10.9 Å². The highest BCUT2D eigenvalue weighted by Crippen LogP contribution is 2.21. The number of carbonyl (C=O) groups excluding carboxylic acids is 4. The van der Waals surface area contributed by atoms with Gasteiger partial charge in [0.05, 0.1) is 11.8 Å². The molecule has 2 heterocycles. The molecule has 0 saturated carbocycles. The molecule has 1 saturated heterocycles. The molecule has 4 rings (SSSR count). The molecule has 0 unspecified atom stereocenters. The van der Waals surface area contributed by atoms with Crippen LogP contribution in [-0.2, 0) is 36.8 Å². The molecule has 1 fully saturated rings. The second-order valence-electron chi connectivity index (χ2n) is 12.0. The highest BCUT2D eigenvalue weighted by atomic mass is 19.4. The maximum Gasteiger partial charge on any atom is 0.490 e. The Morgan fingerprint density at radius 2 is 1.49 bits per heavy atom. The number of carboxylic acid groups (broad SMARTS) is 1. The zero-order chi connectivity index (χ0) is 36.0. The molecular weight excluding hydrogens is 645 g/mol. The first-order valence-electron chi connectivity index (χ1n) is 16.0. The smallest absolute Gasteiger partial charge is 0.475 e. The quantitative estimate of drug-likeness (QED) is 0.198. The van der Waals surface area contributed by atoms with E-state index in [0.29, 0.717) is 32.2 Å². The third-order valence-corrected chi connectivity index (χ3v) is 7.99. The Kier molecular flexibility index (Phi) is 14.6. The monoisotopic (exact) mass is 688 g/mol. The van der Waals surface area contributed by atoms with Crippen molar-refractivity contribution in [2.24, 2.45) is 17.6 Å². The van der Waals surface area contributed by atoms with E-state index in [-0.39, 0.29) is 49.6 Å². The summed E-state index contributed by atoms with van der Waals surface area (Å²) >= 11 is 0. The molecule has 8 N–H and O–H groups in total. The number of aromatic amines is 1. The number of fused-ring (bicyclic) bond motifs is 1. The largest absolute Gasteiger partial charge is 0.490 e. The van der Waals surface area contributed by atoms with Crippen molar-refractivity contribution in [2.75, 3.05) is 19.6 Å². The van der Waals surface area contributed by atoms with Gasteiger partial charge in [0.2, 0.25) is 23.6 Å². The van der Waals surface area contributed by atoms with Crippen molar-refractivity contribution in [1.82, 2.24) is 26.3 Å². The standard InChI is InChI=1S/C32H42N6O4.C2HF3O2/c1-21-18-35-29(39)16-25(14-22-8-3-2-4-9-22)37-30(40)17-26(15-24-20-34-28-12-6-5-11-27(24)28)38-32(42)23(10-7-13-33)19-36-31(21)41;3-2(4,5)1(6)7/h2-6,8-9,11-12,20-21,23,25-26,34H,7,10,13-19,33H2,1H3,(H,35,39)(H,36,41)(H,37,40)(H,38,42);(H,6,7)/t21-,23-,25-,26-;/m0./s1. The van der Waals surface area contributed by atoms with Gasteiger partial charge in [-0.1, -0.05) is 55.5 Å². The fourth-order valence-electron chi connectivity index (χ4n) is 5.39. The Balaban J connectivity index is 0.000000838. The maximum absolute atomic E-state index is 13.6. The van der Waals surface area contributed by atoms with E-state index in [0.717, 1.165) is 22.0 Å². The van der Waals surface area contributed by atoms with Crippen LogP contribution in [0, 0.1) is 11.8 Å². The van der Waals surface area contributed by atoms with Crippen LogP contribution >= 0.6 is 0 Å². The number of carboxylic acids is 1. The molecule has 1 aromatic heterocycles. The first-order chi connectivity index (χ1) is 23.3. The van der Waals surface area contributed by atoms with E-state index in [9.17, 15) is 32.3 Å². The van der Waals surface area contributed by atoms with E-state index < -0.39 is 36.1 Å². The lowest BCUT2D eigenvalue weighted by Crippen LogP contribution is -2.49. The number of alkyl halides is 3. The fraction of sp³-hybridized carbons (Fsp3) is 0.441. The number of aromatic nitrogens is 1. The molecule has 0 bridgehead atoms. The van der Waals surface area contributed by atoms with Crippen LogP contribution in [0.15, 0.2) is 60.8 Å². The van der Waals surface area contributed by atoms with Crippen LogP contribution in [0.5, 0.6) is 0 Å². The van der Waals surface area contributed by atoms with Crippen molar-refractivity contribution >= 4 is 40.5 Å². The molecule has 4 amide bonds. The highest BCUT2D eigenvalue weighted by Gasteiger charge is 2.38. The number of benzene rings is 2. The third-order valence-electron chi connectivity index (χ3n) is 7.99. The Hall–Kier alpha value is -4.92. The molecule has 49 heavy (non-hydrogen) atoms. The number of H-pyrrole nitrogens is 1. The van der Waals surface area contributed by atoms with Crippen LogP contribution in [0.3, 0.4) is 0 Å². The van der Waals surface area contributed by atoms with Crippen molar-refractivity contribution in [3.05, 3.63) is 71.9 Å². The van der Waals surface area contributed by atoms with Gasteiger partial charge in [0.15, 0.2) is 0 Å². The molecule has 0 aliphatic carbocycles. The molecular formula is C34H43F3N6O6. The zero-order valence-electron chi connectivity index (χ0n) is 27.1. The summed E-state index contributed by atoms with van der Waals surface area (Å²) in [5.41, 5.74) is 8.69. The second kappa shape index (κ2) is 18.6. The summed E-state index contributed by atoms with van der Waals surface area (Å²) in [5.74, 6) is -4.71. The number of nitrogens with two attached hydrogens (primary N) is 1. The summed E-state index contributed by atoms with van der Waals surface area (Å²) in [7, 11) is 0. The fourth-order valence-corrected chi connectivity index (χ4v) is 5.39. The number of hydrogen-bond donors (Lipinski definition) is 7. The van der Waals surface area contributed by atoms with Crippen molar-refractivity contribution in [3.63, 3.8) is 0 Å². The summed E-state index contributed by atoms with van der Waals surface area (Å²) in [6, 6.07) is 16.6. The van der Waals surface area contributed by atoms with Gasteiger partial charge in [0.1, 0.15) is 0 Å². The SMILES string of the molecule is C[C@H]1CNC(=O)C[C@H](Cc2ccccc2)NC(=O)C[C@H](Cc2c[nH]c3ccccc23)NC(=O)[C@@H](CCCN)CNC1=O.O=C(O)C(F)(F)F. The van der Waals surface area contributed by atoms with Gasteiger partial charge in [0.25, 0.3) is 0 Å². The molecule has 1 aliphatic heterocycles. The summed E-state index contributed by atoms with van der Waals surface area (Å²) < 4.78 is 31.7. The average Bonchev–Trinajstić information content (AvgIpc) is 3.45. The molecule has 0 radical (unpaired) electrons. The minimum atomic E-state index is -5.08. The number of amides is 4. The molecule has 266 valence electrons. The number of aliphatic carboxylic acids is 1. The summed E-state index contributed by atoms with van der Waals surface area (Å²) in [6.45, 7) is 2.45. The summed E-state index contributed by atoms with van der Waals surface area (Å²) in [4.78, 5) is 64.9. The number of carbonyl (C=O) groups is 5. The van der Waals surface area contributed by atoms with Gasteiger partial charge in [-0.15, -0.1) is 0 Å². The normalized spacial score (nSPS) is 21.4. The lowest BCUT2D eigenvalue weighted by Gasteiger charge is -2.25. The van der Waals surface area contributed by atoms with Gasteiger partial charge in [0, 0.05) is 55.1 Å². The van der Waals surface area contributed by atoms with E-state index >= 15 is 0 Å². The van der Waals surface area contributed by atoms with Crippen molar-refractivity contribution in [1.29, 1.82) is 0 Å². The molecule has 12 nitrogen and oxygen atoms in total. The maximum atomic E-state index is 13.6. The minimum absolute atomic E-state index is 0.0329. The van der Waals surface area contributed by atoms with Gasteiger partial charge in [-0.05, 0) is 49.4 Å². The van der Waals surface area contributed by atoms with Gasteiger partial charge in [-0.3, -0.25) is 19.2 Å². The Morgan fingerprint density at radius 1 is 0.857 bits per heavy atom. The van der Waals surface area contributed by atoms with Crippen LogP contribution in [0.4, 0.5) is 13.2 Å². The van der Waals surface area contributed by atoms with E-state index in [4.69, 9.17) is 15.6 Å². The number of hydrogen-bond acceptors (Lipinski definition) is 6. The van der Waals surface area contributed by atoms with Crippen LogP contribution in [0.2, 0.25) is 0 Å². The van der Waals surface area contributed by atoms with Crippen molar-refractivity contribution in [3.8, 4) is 0 Å². The number of para-hydroxylation sites is 1. The van der Waals surface area contributed by atoms with Crippen molar-refractivity contribution < 1.29 is 42.3 Å². The summed E-state index contributed by atoms with van der Waals surface area (Å²) in [6.07, 6.45) is -1.06. The molecule has 0 spiro atoms. The predicted molar refractivity (Wildman–Crippen MR) is 176 cm³/mol. The van der Waals surface area contributed by atoms with Gasteiger partial charge >= 0.3 is 12.1 Å². The van der Waals surface area contributed by atoms with Gasteiger partial charge < -0.3 is 37.1 Å². The average molecular weight is 689 g/mol. The minimum Gasteiger partial charge on any atom is -0.475 e. The molecule has 15 heteroatoms. The van der Waals surface area contributed by atoms with Gasteiger partial charge in [-0.2, -0.15) is 13.2 Å². The molecule has 2 aromatic carbocycles. The van der Waals surface area contributed by atoms with E-state index in [1.165, 1.54) is 0 Å². The lowest BCUT2D eigenvalue weighted by atomic mass is 9.97. The van der Waals surface area contributed by atoms with Crippen LogP contribution in [0.1, 0.15) is 43.7 Å². The number of rotatable bonds is 7. The number of nitrogens with one attached hydrogen (secondary N) is 5. The first kappa shape index (κ1) is 38.5. The van der Waals surface area contributed by atoms with Crippen LogP contribution in [-0.4, -0.2) is 77.6 Å². The van der Waals surface area contributed by atoms with Gasteiger partial charge in [-0.25, -0.2) is 4.79 Å². The second-order valence-corrected chi connectivity index (χ2v) is 12.0. The highest BCUT2D eigenvalue weighted by molar-refractivity contribution is 5.86. The first-order valence-corrected chi connectivity index (χ1v) is 16.0. The van der Waals surface area contributed by atoms with Crippen molar-refractivity contribution in [2.45, 2.75) is 63.7 Å². The molecule has 3 aromatic rings. The Labute approximate surface area is 281 Å². The topological polar surface area (TPSA) is 196 Å². The summed E-state index contributed by atoms with van der Waals surface area (Å²) in [5, 5.41) is 20.0. The van der Waals surface area contributed by atoms with Crippen LogP contribution < -0.4 is 27.0 Å². The Bertz CT molecular complexity index is 1560.